The fraction of sp³-hybridized carbons (Fsp3) is 0.154. The average molecular weight is 244 g/mol. The maximum absolute atomic E-state index is 11.3. The van der Waals surface area contributed by atoms with Crippen LogP contribution in [-0.4, -0.2) is 17.4 Å². The first-order valence-corrected chi connectivity index (χ1v) is 5.27. The highest BCUT2D eigenvalue weighted by atomic mass is 16.6. The van der Waals surface area contributed by atoms with E-state index in [1.54, 1.807) is 18.2 Å². The summed E-state index contributed by atoms with van der Waals surface area (Å²) in [4.78, 5) is 21.3. The van der Waals surface area contributed by atoms with Crippen molar-refractivity contribution in [1.29, 1.82) is 0 Å². The molecule has 0 aromatic heterocycles. The van der Waals surface area contributed by atoms with E-state index in [0.29, 0.717) is 18.5 Å². The van der Waals surface area contributed by atoms with E-state index >= 15 is 0 Å². The van der Waals surface area contributed by atoms with Crippen LogP contribution in [0.2, 0.25) is 0 Å². The second-order valence-corrected chi connectivity index (χ2v) is 3.43. The fourth-order valence-corrected chi connectivity index (χ4v) is 1.20. The minimum Gasteiger partial charge on any atom is -0.352 e. The van der Waals surface area contributed by atoms with Crippen LogP contribution in [0.5, 0.6) is 0 Å². The summed E-state index contributed by atoms with van der Waals surface area (Å²) in [6, 6.07) is 5.92. The molecule has 0 saturated heterocycles. The number of nitro benzene ring substituents is 1. The number of carbonyl (C=O) groups excluding carboxylic acids is 1. The predicted octanol–water partition coefficient (Wildman–Crippen LogP) is 1.75. The summed E-state index contributed by atoms with van der Waals surface area (Å²) in [6.07, 6.45) is 8.46. The number of amides is 1. The van der Waals surface area contributed by atoms with Crippen LogP contribution < -0.4 is 5.32 Å². The summed E-state index contributed by atoms with van der Waals surface area (Å²) >= 11 is 0. The van der Waals surface area contributed by atoms with Crippen LogP contribution in [0.4, 0.5) is 5.69 Å². The van der Waals surface area contributed by atoms with Gasteiger partial charge < -0.3 is 5.32 Å². The molecule has 0 aliphatic rings. The molecule has 1 rings (SSSR count). The highest BCUT2D eigenvalue weighted by Crippen LogP contribution is 2.12. The lowest BCUT2D eigenvalue weighted by Gasteiger charge is -1.97. The van der Waals surface area contributed by atoms with Crippen LogP contribution in [0.15, 0.2) is 30.3 Å². The Morgan fingerprint density at radius 2 is 2.11 bits per heavy atom. The van der Waals surface area contributed by atoms with Crippen molar-refractivity contribution in [2.45, 2.75) is 6.42 Å². The van der Waals surface area contributed by atoms with Crippen LogP contribution in [-0.2, 0) is 4.79 Å². The molecular weight excluding hydrogens is 232 g/mol. The standard InChI is InChI=1S/C13H12N2O3/c1-2-3-10-14-13(16)9-6-11-4-7-12(8-5-11)15(17)18/h1,4-9H,3,10H2,(H,14,16). The Morgan fingerprint density at radius 3 is 2.67 bits per heavy atom. The van der Waals surface area contributed by atoms with Crippen molar-refractivity contribution in [2.24, 2.45) is 0 Å². The Balaban J connectivity index is 2.54. The first kappa shape index (κ1) is 13.5. The van der Waals surface area contributed by atoms with Crippen LogP contribution in [0.25, 0.3) is 6.08 Å². The summed E-state index contributed by atoms with van der Waals surface area (Å²) in [7, 11) is 0. The van der Waals surface area contributed by atoms with E-state index in [1.807, 2.05) is 0 Å². The number of benzene rings is 1. The molecule has 1 aromatic carbocycles. The number of non-ortho nitro benzene ring substituents is 1. The third-order valence-corrected chi connectivity index (χ3v) is 2.10. The van der Waals surface area contributed by atoms with E-state index in [1.165, 1.54) is 18.2 Å². The van der Waals surface area contributed by atoms with Crippen molar-refractivity contribution in [3.63, 3.8) is 0 Å². The monoisotopic (exact) mass is 244 g/mol. The third kappa shape index (κ3) is 4.49. The number of hydrogen-bond acceptors (Lipinski definition) is 3. The molecular formula is C13H12N2O3. The van der Waals surface area contributed by atoms with Gasteiger partial charge in [0, 0.05) is 31.2 Å². The minimum absolute atomic E-state index is 0.0191. The number of hydrogen-bond donors (Lipinski definition) is 1. The second-order valence-electron chi connectivity index (χ2n) is 3.43. The van der Waals surface area contributed by atoms with Crippen molar-refractivity contribution in [3.8, 4) is 12.3 Å². The van der Waals surface area contributed by atoms with Gasteiger partial charge >= 0.3 is 0 Å². The molecule has 5 nitrogen and oxygen atoms in total. The molecule has 18 heavy (non-hydrogen) atoms. The van der Waals surface area contributed by atoms with E-state index < -0.39 is 4.92 Å². The Labute approximate surface area is 105 Å². The van der Waals surface area contributed by atoms with Gasteiger partial charge in [-0.05, 0) is 23.8 Å². The van der Waals surface area contributed by atoms with Gasteiger partial charge in [0.15, 0.2) is 0 Å². The average Bonchev–Trinajstić information content (AvgIpc) is 2.37. The van der Waals surface area contributed by atoms with Crippen molar-refractivity contribution in [3.05, 3.63) is 46.0 Å². The van der Waals surface area contributed by atoms with Crippen molar-refractivity contribution in [1.82, 2.24) is 5.32 Å². The molecule has 0 fully saturated rings. The third-order valence-electron chi connectivity index (χ3n) is 2.10. The Bertz CT molecular complexity index is 498. The summed E-state index contributed by atoms with van der Waals surface area (Å²) < 4.78 is 0. The number of carbonyl (C=O) groups is 1. The lowest BCUT2D eigenvalue weighted by atomic mass is 10.2. The normalized spacial score (nSPS) is 9.94. The predicted molar refractivity (Wildman–Crippen MR) is 68.6 cm³/mol. The minimum atomic E-state index is -0.472. The number of nitrogens with one attached hydrogen (secondary N) is 1. The maximum atomic E-state index is 11.3. The molecule has 0 unspecified atom stereocenters. The van der Waals surface area contributed by atoms with E-state index in [-0.39, 0.29) is 11.6 Å². The number of nitro groups is 1. The molecule has 1 amide bonds. The Kier molecular flexibility index (Phi) is 5.13. The second kappa shape index (κ2) is 6.86. The van der Waals surface area contributed by atoms with Crippen LogP contribution >= 0.6 is 0 Å². The molecule has 0 bridgehead atoms. The van der Waals surface area contributed by atoms with Crippen molar-refractivity contribution < 1.29 is 9.72 Å². The van der Waals surface area contributed by atoms with Gasteiger partial charge in [-0.25, -0.2) is 0 Å². The number of terminal acetylenes is 1. The summed E-state index contributed by atoms with van der Waals surface area (Å²) in [5.41, 5.74) is 0.735. The van der Waals surface area contributed by atoms with E-state index in [2.05, 4.69) is 11.2 Å². The van der Waals surface area contributed by atoms with E-state index in [9.17, 15) is 14.9 Å². The Hall–Kier alpha value is -2.61. The van der Waals surface area contributed by atoms with E-state index in [4.69, 9.17) is 6.42 Å². The van der Waals surface area contributed by atoms with Crippen LogP contribution in [0, 0.1) is 22.5 Å². The fourth-order valence-electron chi connectivity index (χ4n) is 1.20. The van der Waals surface area contributed by atoms with Gasteiger partial charge in [-0.3, -0.25) is 14.9 Å². The van der Waals surface area contributed by atoms with Gasteiger partial charge in [0.25, 0.3) is 5.69 Å². The molecule has 92 valence electrons. The summed E-state index contributed by atoms with van der Waals surface area (Å²) in [6.45, 7) is 0.430. The first-order valence-electron chi connectivity index (χ1n) is 5.27. The SMILES string of the molecule is C#CCCNC(=O)C=Cc1ccc([N+](=O)[O-])cc1. The zero-order valence-corrected chi connectivity index (χ0v) is 9.63. The molecule has 0 aliphatic heterocycles. The summed E-state index contributed by atoms with van der Waals surface area (Å²) in [5, 5.41) is 13.0. The van der Waals surface area contributed by atoms with Gasteiger partial charge in [0.1, 0.15) is 0 Å². The lowest BCUT2D eigenvalue weighted by molar-refractivity contribution is -0.384. The molecule has 1 N–H and O–H groups in total. The first-order chi connectivity index (χ1) is 8.63. The quantitative estimate of drug-likeness (QED) is 0.282. The van der Waals surface area contributed by atoms with Crippen LogP contribution in [0.3, 0.4) is 0 Å². The molecule has 0 aliphatic carbocycles. The van der Waals surface area contributed by atoms with Gasteiger partial charge in [-0.2, -0.15) is 0 Å². The topological polar surface area (TPSA) is 72.2 Å². The molecule has 0 spiro atoms. The smallest absolute Gasteiger partial charge is 0.269 e. The highest BCUT2D eigenvalue weighted by Gasteiger charge is 2.02. The molecule has 5 heteroatoms. The molecule has 0 atom stereocenters. The largest absolute Gasteiger partial charge is 0.352 e. The van der Waals surface area contributed by atoms with Gasteiger partial charge in [-0.1, -0.05) is 0 Å². The summed E-state index contributed by atoms with van der Waals surface area (Å²) in [5.74, 6) is 2.16. The maximum Gasteiger partial charge on any atom is 0.269 e. The molecule has 0 heterocycles. The van der Waals surface area contributed by atoms with Gasteiger partial charge in [0.2, 0.25) is 5.91 Å². The van der Waals surface area contributed by atoms with E-state index in [0.717, 1.165) is 0 Å². The number of rotatable bonds is 5. The van der Waals surface area contributed by atoms with Gasteiger partial charge in [-0.15, -0.1) is 12.3 Å². The molecule has 0 saturated carbocycles. The van der Waals surface area contributed by atoms with Crippen molar-refractivity contribution >= 4 is 17.7 Å². The molecule has 1 aromatic rings. The highest BCUT2D eigenvalue weighted by molar-refractivity contribution is 5.91. The Morgan fingerprint density at radius 1 is 1.44 bits per heavy atom. The van der Waals surface area contributed by atoms with Crippen LogP contribution in [0.1, 0.15) is 12.0 Å². The van der Waals surface area contributed by atoms with Crippen molar-refractivity contribution in [2.75, 3.05) is 6.54 Å². The zero-order chi connectivity index (χ0) is 13.4. The number of nitrogens with zero attached hydrogens (tertiary/aromatic N) is 1. The zero-order valence-electron chi connectivity index (χ0n) is 9.63. The molecule has 0 radical (unpaired) electrons. The van der Waals surface area contributed by atoms with Gasteiger partial charge in [0.05, 0.1) is 4.92 Å². The lowest BCUT2D eigenvalue weighted by Crippen LogP contribution is -2.21.